The number of ether oxygens (including phenoxy) is 2. The minimum Gasteiger partial charge on any atom is -0.485 e. The molecular weight excluding hydrogens is 274 g/mol. The van der Waals surface area contributed by atoms with Gasteiger partial charge in [0, 0.05) is 32.2 Å². The standard InChI is InChI=1S/C14H21N3O4/c1-15-11-12-2-3-14(13(10-12)17(18)19)21-9-6-16-4-7-20-8-5-16/h2-3,10,15H,4-9,11H2,1H3. The second-order valence-electron chi connectivity index (χ2n) is 4.89. The highest BCUT2D eigenvalue weighted by Crippen LogP contribution is 2.27. The summed E-state index contributed by atoms with van der Waals surface area (Å²) in [5, 5.41) is 14.1. The third-order valence-corrected chi connectivity index (χ3v) is 3.37. The second kappa shape index (κ2) is 7.92. The fourth-order valence-corrected chi connectivity index (χ4v) is 2.25. The van der Waals surface area contributed by atoms with Crippen molar-refractivity contribution in [1.29, 1.82) is 0 Å². The summed E-state index contributed by atoms with van der Waals surface area (Å²) in [7, 11) is 1.80. The van der Waals surface area contributed by atoms with E-state index in [1.165, 1.54) is 0 Å². The Labute approximate surface area is 124 Å². The zero-order valence-corrected chi connectivity index (χ0v) is 12.2. The maximum Gasteiger partial charge on any atom is 0.311 e. The van der Waals surface area contributed by atoms with E-state index in [0.29, 0.717) is 18.9 Å². The van der Waals surface area contributed by atoms with Gasteiger partial charge in [-0.05, 0) is 18.7 Å². The van der Waals surface area contributed by atoms with Crippen molar-refractivity contribution in [2.45, 2.75) is 6.54 Å². The molecule has 0 radical (unpaired) electrons. The van der Waals surface area contributed by atoms with Crippen LogP contribution >= 0.6 is 0 Å². The molecule has 1 aromatic carbocycles. The average molecular weight is 295 g/mol. The minimum atomic E-state index is -0.400. The van der Waals surface area contributed by atoms with Crippen LogP contribution in [0.1, 0.15) is 5.56 Å². The van der Waals surface area contributed by atoms with Gasteiger partial charge in [-0.3, -0.25) is 15.0 Å². The lowest BCUT2D eigenvalue weighted by molar-refractivity contribution is -0.385. The van der Waals surface area contributed by atoms with Crippen LogP contribution in [0.3, 0.4) is 0 Å². The van der Waals surface area contributed by atoms with Gasteiger partial charge in [0.25, 0.3) is 0 Å². The molecule has 1 aliphatic rings. The maximum atomic E-state index is 11.1. The Balaban J connectivity index is 1.93. The molecule has 0 amide bonds. The third-order valence-electron chi connectivity index (χ3n) is 3.37. The van der Waals surface area contributed by atoms with Gasteiger partial charge >= 0.3 is 5.69 Å². The van der Waals surface area contributed by atoms with E-state index in [4.69, 9.17) is 9.47 Å². The van der Waals surface area contributed by atoms with E-state index in [0.717, 1.165) is 38.4 Å². The van der Waals surface area contributed by atoms with E-state index in [1.807, 2.05) is 6.07 Å². The van der Waals surface area contributed by atoms with Crippen LogP contribution < -0.4 is 10.1 Å². The smallest absolute Gasteiger partial charge is 0.311 e. The third kappa shape index (κ3) is 4.66. The summed E-state index contributed by atoms with van der Waals surface area (Å²) in [5.41, 5.74) is 0.884. The predicted octanol–water partition coefficient (Wildman–Crippen LogP) is 1.03. The topological polar surface area (TPSA) is 76.9 Å². The molecule has 21 heavy (non-hydrogen) atoms. The molecule has 1 saturated heterocycles. The Morgan fingerprint density at radius 3 is 2.86 bits per heavy atom. The molecule has 1 fully saturated rings. The molecule has 1 heterocycles. The Morgan fingerprint density at radius 2 is 2.19 bits per heavy atom. The van der Waals surface area contributed by atoms with Gasteiger partial charge in [0.05, 0.1) is 18.1 Å². The molecule has 1 N–H and O–H groups in total. The molecule has 0 saturated carbocycles. The van der Waals surface area contributed by atoms with Crippen molar-refractivity contribution < 1.29 is 14.4 Å². The molecular formula is C14H21N3O4. The Morgan fingerprint density at radius 1 is 1.43 bits per heavy atom. The van der Waals surface area contributed by atoms with Crippen LogP contribution in [0.25, 0.3) is 0 Å². The zero-order valence-electron chi connectivity index (χ0n) is 12.2. The summed E-state index contributed by atoms with van der Waals surface area (Å²) in [5.74, 6) is 0.327. The lowest BCUT2D eigenvalue weighted by atomic mass is 10.2. The first-order valence-corrected chi connectivity index (χ1v) is 7.05. The van der Waals surface area contributed by atoms with Crippen molar-refractivity contribution in [3.63, 3.8) is 0 Å². The number of nitrogens with zero attached hydrogens (tertiary/aromatic N) is 2. The summed E-state index contributed by atoms with van der Waals surface area (Å²) in [4.78, 5) is 12.9. The highest BCUT2D eigenvalue weighted by atomic mass is 16.6. The number of nitrogens with one attached hydrogen (secondary N) is 1. The van der Waals surface area contributed by atoms with E-state index in [2.05, 4.69) is 10.2 Å². The molecule has 0 unspecified atom stereocenters. The number of nitro benzene ring substituents is 1. The first kappa shape index (κ1) is 15.7. The average Bonchev–Trinajstić information content (AvgIpc) is 2.49. The highest BCUT2D eigenvalue weighted by molar-refractivity contribution is 5.48. The molecule has 1 aromatic rings. The van der Waals surface area contributed by atoms with E-state index < -0.39 is 4.92 Å². The molecule has 0 aromatic heterocycles. The molecule has 0 aliphatic carbocycles. The first-order valence-electron chi connectivity index (χ1n) is 7.05. The zero-order chi connectivity index (χ0) is 15.1. The van der Waals surface area contributed by atoms with Gasteiger partial charge in [-0.2, -0.15) is 0 Å². The molecule has 7 heteroatoms. The largest absolute Gasteiger partial charge is 0.485 e. The summed E-state index contributed by atoms with van der Waals surface area (Å²) in [6.07, 6.45) is 0. The van der Waals surface area contributed by atoms with Crippen molar-refractivity contribution in [3.05, 3.63) is 33.9 Å². The fourth-order valence-electron chi connectivity index (χ4n) is 2.25. The quantitative estimate of drug-likeness (QED) is 0.598. The Bertz CT molecular complexity index is 475. The molecule has 0 atom stereocenters. The molecule has 7 nitrogen and oxygen atoms in total. The van der Waals surface area contributed by atoms with Gasteiger partial charge in [-0.1, -0.05) is 6.07 Å². The SMILES string of the molecule is CNCc1ccc(OCCN2CCOCC2)c([N+](=O)[O-])c1. The number of nitro groups is 1. The number of rotatable bonds is 7. The number of morpholine rings is 1. The van der Waals surface area contributed by atoms with Gasteiger partial charge in [0.15, 0.2) is 5.75 Å². The summed E-state index contributed by atoms with van der Waals surface area (Å²) >= 11 is 0. The second-order valence-corrected chi connectivity index (χ2v) is 4.89. The number of benzene rings is 1. The Hall–Kier alpha value is -1.70. The molecule has 0 spiro atoms. The van der Waals surface area contributed by atoms with Gasteiger partial charge < -0.3 is 14.8 Å². The monoisotopic (exact) mass is 295 g/mol. The van der Waals surface area contributed by atoms with Gasteiger partial charge in [-0.15, -0.1) is 0 Å². The predicted molar refractivity (Wildman–Crippen MR) is 78.6 cm³/mol. The summed E-state index contributed by atoms with van der Waals surface area (Å²) in [6.45, 7) is 5.01. The van der Waals surface area contributed by atoms with Crippen molar-refractivity contribution in [1.82, 2.24) is 10.2 Å². The minimum absolute atomic E-state index is 0.0183. The molecule has 116 valence electrons. The van der Waals surface area contributed by atoms with Crippen LogP contribution in [0.15, 0.2) is 18.2 Å². The first-order chi connectivity index (χ1) is 10.2. The van der Waals surface area contributed by atoms with Crippen LogP contribution in [0.5, 0.6) is 5.75 Å². The maximum absolute atomic E-state index is 11.1. The van der Waals surface area contributed by atoms with Crippen LogP contribution in [-0.2, 0) is 11.3 Å². The lowest BCUT2D eigenvalue weighted by Gasteiger charge is -2.26. The van der Waals surface area contributed by atoms with Crippen molar-refractivity contribution in [2.24, 2.45) is 0 Å². The van der Waals surface area contributed by atoms with Crippen LogP contribution in [0, 0.1) is 10.1 Å². The number of hydrogen-bond donors (Lipinski definition) is 1. The van der Waals surface area contributed by atoms with E-state index in [-0.39, 0.29) is 5.69 Å². The van der Waals surface area contributed by atoms with Gasteiger partial charge in [-0.25, -0.2) is 0 Å². The van der Waals surface area contributed by atoms with Crippen molar-refractivity contribution in [3.8, 4) is 5.75 Å². The normalized spacial score (nSPS) is 15.9. The molecule has 2 rings (SSSR count). The lowest BCUT2D eigenvalue weighted by Crippen LogP contribution is -2.38. The fraction of sp³-hybridized carbons (Fsp3) is 0.571. The van der Waals surface area contributed by atoms with E-state index >= 15 is 0 Å². The van der Waals surface area contributed by atoms with Gasteiger partial charge in [0.1, 0.15) is 6.61 Å². The van der Waals surface area contributed by atoms with Crippen LogP contribution in [-0.4, -0.2) is 56.3 Å². The van der Waals surface area contributed by atoms with Crippen LogP contribution in [0.4, 0.5) is 5.69 Å². The van der Waals surface area contributed by atoms with Gasteiger partial charge in [0.2, 0.25) is 0 Å². The van der Waals surface area contributed by atoms with E-state index in [9.17, 15) is 10.1 Å². The highest BCUT2D eigenvalue weighted by Gasteiger charge is 2.16. The van der Waals surface area contributed by atoms with Crippen LogP contribution in [0.2, 0.25) is 0 Å². The Kier molecular flexibility index (Phi) is 5.91. The summed E-state index contributed by atoms with van der Waals surface area (Å²) in [6, 6.07) is 5.07. The molecule has 1 aliphatic heterocycles. The number of hydrogen-bond acceptors (Lipinski definition) is 6. The van der Waals surface area contributed by atoms with Crippen molar-refractivity contribution >= 4 is 5.69 Å². The van der Waals surface area contributed by atoms with Crippen molar-refractivity contribution in [2.75, 3.05) is 46.5 Å². The molecule has 0 bridgehead atoms. The summed E-state index contributed by atoms with van der Waals surface area (Å²) < 4.78 is 10.9. The van der Waals surface area contributed by atoms with E-state index in [1.54, 1.807) is 19.2 Å².